The smallest absolute Gasteiger partial charge is 0.267 e. The molecule has 1 aliphatic rings. The van der Waals surface area contributed by atoms with Gasteiger partial charge in [-0.3, -0.25) is 14.9 Å². The van der Waals surface area contributed by atoms with Gasteiger partial charge in [0.2, 0.25) is 0 Å². The lowest BCUT2D eigenvalue weighted by Crippen LogP contribution is -2.29. The van der Waals surface area contributed by atoms with Crippen molar-refractivity contribution in [3.8, 4) is 0 Å². The second-order valence-corrected chi connectivity index (χ2v) is 7.98. The highest BCUT2D eigenvalue weighted by Gasteiger charge is 2.27. The van der Waals surface area contributed by atoms with Crippen molar-refractivity contribution in [2.24, 2.45) is 7.05 Å². The van der Waals surface area contributed by atoms with E-state index < -0.39 is 5.91 Å². The quantitative estimate of drug-likeness (QED) is 0.352. The number of fused-ring (bicyclic) bond motifs is 2. The number of hydroxylamine groups is 1. The minimum absolute atomic E-state index is 0.443. The van der Waals surface area contributed by atoms with Gasteiger partial charge in [-0.2, -0.15) is 0 Å². The number of rotatable bonds is 7. The topological polar surface area (TPSA) is 57.5 Å². The molecule has 5 nitrogen and oxygen atoms in total. The number of hydrogen-bond donors (Lipinski definition) is 2. The number of aryl methyl sites for hydroxylation is 2. The molecule has 0 radical (unpaired) electrons. The molecule has 0 saturated carbocycles. The molecule has 4 rings (SSSR count). The highest BCUT2D eigenvalue weighted by Crippen LogP contribution is 2.36. The number of benzene rings is 2. The summed E-state index contributed by atoms with van der Waals surface area (Å²) in [5, 5.41) is 9.98. The van der Waals surface area contributed by atoms with E-state index >= 15 is 0 Å². The molecule has 1 atom stereocenters. The van der Waals surface area contributed by atoms with Gasteiger partial charge in [-0.15, -0.1) is 0 Å². The molecule has 2 aromatic carbocycles. The largest absolute Gasteiger partial charge is 0.350 e. The van der Waals surface area contributed by atoms with Crippen molar-refractivity contribution in [2.75, 3.05) is 13.1 Å². The van der Waals surface area contributed by atoms with Crippen molar-refractivity contribution in [3.05, 3.63) is 77.0 Å². The summed E-state index contributed by atoms with van der Waals surface area (Å²) in [5.74, 6) is -0.515. The third-order valence-corrected chi connectivity index (χ3v) is 6.25. The zero-order valence-corrected chi connectivity index (χ0v) is 17.6. The third-order valence-electron chi connectivity index (χ3n) is 6.25. The number of nitrogens with one attached hydrogen (secondary N) is 1. The first-order chi connectivity index (χ1) is 14.6. The molecular weight excluding hydrogens is 374 g/mol. The Morgan fingerprint density at radius 1 is 1.30 bits per heavy atom. The first kappa shape index (κ1) is 20.4. The van der Waals surface area contributed by atoms with Crippen LogP contribution in [0, 0.1) is 0 Å². The fraction of sp³-hybridized carbons (Fsp3) is 0.320. The Labute approximate surface area is 177 Å². The van der Waals surface area contributed by atoms with Crippen LogP contribution in [0.15, 0.2) is 54.7 Å². The summed E-state index contributed by atoms with van der Waals surface area (Å²) in [6, 6.07) is 15.5. The van der Waals surface area contributed by atoms with Crippen molar-refractivity contribution in [1.82, 2.24) is 14.9 Å². The number of hydrogen-bond acceptors (Lipinski definition) is 3. The van der Waals surface area contributed by atoms with Gasteiger partial charge in [-0.1, -0.05) is 43.3 Å². The highest BCUT2D eigenvalue weighted by molar-refractivity contribution is 5.90. The number of carbonyl (C=O) groups is 1. The minimum Gasteiger partial charge on any atom is -0.350 e. The van der Waals surface area contributed by atoms with Crippen LogP contribution in [0.2, 0.25) is 0 Å². The third kappa shape index (κ3) is 4.04. The summed E-state index contributed by atoms with van der Waals surface area (Å²) in [4.78, 5) is 13.8. The van der Waals surface area contributed by atoms with Crippen molar-refractivity contribution >= 4 is 22.9 Å². The Hall–Kier alpha value is -2.89. The summed E-state index contributed by atoms with van der Waals surface area (Å²) < 4.78 is 2.22. The number of likely N-dealkylation sites (N-methyl/N-ethyl adjacent to an activating group) is 1. The molecular formula is C25H29N3O2. The van der Waals surface area contributed by atoms with E-state index in [4.69, 9.17) is 5.21 Å². The minimum atomic E-state index is -0.515. The Kier molecular flexibility index (Phi) is 6.02. The van der Waals surface area contributed by atoms with Gasteiger partial charge in [0.15, 0.2) is 0 Å². The molecule has 0 spiro atoms. The molecule has 5 heteroatoms. The average molecular weight is 404 g/mol. The lowest BCUT2D eigenvalue weighted by molar-refractivity contribution is -0.124. The first-order valence-corrected chi connectivity index (χ1v) is 10.6. The number of nitrogens with zero attached hydrogens (tertiary/aromatic N) is 2. The fourth-order valence-corrected chi connectivity index (χ4v) is 4.73. The molecule has 0 bridgehead atoms. The molecule has 2 N–H and O–H groups in total. The maximum Gasteiger partial charge on any atom is 0.267 e. The summed E-state index contributed by atoms with van der Waals surface area (Å²) in [6.07, 6.45) is 8.57. The van der Waals surface area contributed by atoms with Crippen LogP contribution in [-0.4, -0.2) is 33.7 Å². The van der Waals surface area contributed by atoms with Gasteiger partial charge in [-0.05, 0) is 60.2 Å². The number of amides is 1. The number of para-hydroxylation sites is 1. The summed E-state index contributed by atoms with van der Waals surface area (Å²) in [6.45, 7) is 4.30. The Morgan fingerprint density at radius 2 is 2.13 bits per heavy atom. The van der Waals surface area contributed by atoms with Crippen LogP contribution in [0.3, 0.4) is 0 Å². The zero-order chi connectivity index (χ0) is 21.1. The first-order valence-electron chi connectivity index (χ1n) is 10.6. The maximum atomic E-state index is 11.2. The van der Waals surface area contributed by atoms with Crippen LogP contribution in [0.5, 0.6) is 0 Å². The van der Waals surface area contributed by atoms with Gasteiger partial charge < -0.3 is 4.57 Å². The SMILES string of the molecule is CCN(CCc1cn(C)c2ccccc12)C1CCc2cc(C=CC(=O)NO)ccc21. The van der Waals surface area contributed by atoms with Gasteiger partial charge in [0, 0.05) is 42.8 Å². The molecule has 0 fully saturated rings. The Morgan fingerprint density at radius 3 is 2.93 bits per heavy atom. The second-order valence-electron chi connectivity index (χ2n) is 7.98. The van der Waals surface area contributed by atoms with E-state index in [1.54, 1.807) is 11.6 Å². The summed E-state index contributed by atoms with van der Waals surface area (Å²) in [7, 11) is 2.12. The van der Waals surface area contributed by atoms with Crippen LogP contribution < -0.4 is 5.48 Å². The maximum absolute atomic E-state index is 11.2. The average Bonchev–Trinajstić information content (AvgIpc) is 3.34. The molecule has 0 saturated heterocycles. The van der Waals surface area contributed by atoms with E-state index in [0.29, 0.717) is 6.04 Å². The lowest BCUT2D eigenvalue weighted by Gasteiger charge is -2.28. The molecule has 1 unspecified atom stereocenters. The molecule has 1 aromatic heterocycles. The molecule has 1 amide bonds. The Bertz CT molecular complexity index is 1080. The van der Waals surface area contributed by atoms with Crippen molar-refractivity contribution in [3.63, 3.8) is 0 Å². The van der Waals surface area contributed by atoms with E-state index in [1.807, 2.05) is 0 Å². The van der Waals surface area contributed by atoms with Gasteiger partial charge in [0.25, 0.3) is 5.91 Å². The number of aromatic nitrogens is 1. The number of carbonyl (C=O) groups excluding carboxylic acids is 1. The van der Waals surface area contributed by atoms with E-state index in [9.17, 15) is 4.79 Å². The predicted molar refractivity (Wildman–Crippen MR) is 120 cm³/mol. The lowest BCUT2D eigenvalue weighted by atomic mass is 10.0. The van der Waals surface area contributed by atoms with Crippen molar-refractivity contribution < 1.29 is 10.0 Å². The van der Waals surface area contributed by atoms with Crippen molar-refractivity contribution in [2.45, 2.75) is 32.2 Å². The van der Waals surface area contributed by atoms with Crippen LogP contribution >= 0.6 is 0 Å². The molecule has 156 valence electrons. The molecule has 3 aromatic rings. The zero-order valence-electron chi connectivity index (χ0n) is 17.6. The summed E-state index contributed by atoms with van der Waals surface area (Å²) >= 11 is 0. The molecule has 0 aliphatic heterocycles. The van der Waals surface area contributed by atoms with Crippen LogP contribution in [0.1, 0.15) is 41.6 Å². The van der Waals surface area contributed by atoms with Crippen LogP contribution in [-0.2, 0) is 24.7 Å². The Balaban J connectivity index is 1.48. The predicted octanol–water partition coefficient (Wildman–Crippen LogP) is 4.25. The van der Waals surface area contributed by atoms with Gasteiger partial charge in [0.1, 0.15) is 0 Å². The van der Waals surface area contributed by atoms with E-state index in [1.165, 1.54) is 33.7 Å². The summed E-state index contributed by atoms with van der Waals surface area (Å²) in [5.41, 5.74) is 8.06. The van der Waals surface area contributed by atoms with Gasteiger partial charge >= 0.3 is 0 Å². The van der Waals surface area contributed by atoms with E-state index in [-0.39, 0.29) is 0 Å². The van der Waals surface area contributed by atoms with Crippen LogP contribution in [0.4, 0.5) is 0 Å². The van der Waals surface area contributed by atoms with Gasteiger partial charge in [-0.25, -0.2) is 5.48 Å². The standard InChI is InChI=1S/C25H29N3O2/c1-3-28(15-14-20-17-27(2)23-7-5-4-6-21(20)23)24-12-10-19-16-18(8-11-22(19)24)9-13-25(29)26-30/h4-9,11,13,16-17,24,30H,3,10,12,14-15H2,1-2H3,(H,26,29). The second kappa shape index (κ2) is 8.86. The molecule has 1 heterocycles. The van der Waals surface area contributed by atoms with Crippen LogP contribution in [0.25, 0.3) is 17.0 Å². The molecule has 30 heavy (non-hydrogen) atoms. The van der Waals surface area contributed by atoms with Crippen molar-refractivity contribution in [1.29, 1.82) is 0 Å². The fourth-order valence-electron chi connectivity index (χ4n) is 4.73. The van der Waals surface area contributed by atoms with E-state index in [0.717, 1.165) is 37.9 Å². The normalized spacial score (nSPS) is 15.9. The van der Waals surface area contributed by atoms with E-state index in [2.05, 4.69) is 72.1 Å². The van der Waals surface area contributed by atoms with Gasteiger partial charge in [0.05, 0.1) is 0 Å². The highest BCUT2D eigenvalue weighted by atomic mass is 16.5. The molecule has 1 aliphatic carbocycles. The monoisotopic (exact) mass is 403 g/mol.